The summed E-state index contributed by atoms with van der Waals surface area (Å²) >= 11 is 0. The molecule has 1 atom stereocenters. The summed E-state index contributed by atoms with van der Waals surface area (Å²) in [5.41, 5.74) is 1.35. The van der Waals surface area contributed by atoms with Crippen molar-refractivity contribution in [3.05, 3.63) is 53.6 Å². The Labute approximate surface area is 187 Å². The number of methoxy groups -OCH3 is 2. The molecular weight excluding hydrogens is 415 g/mol. The van der Waals surface area contributed by atoms with Gasteiger partial charge in [0.25, 0.3) is 5.91 Å². The SMILES string of the molecule is COc1ccc(OC)c(CCC(=O)N2CCN(C(=O)c3cccc(OC(C)F)c3)CC2)c1. The summed E-state index contributed by atoms with van der Waals surface area (Å²) in [4.78, 5) is 29.0. The van der Waals surface area contributed by atoms with E-state index >= 15 is 0 Å². The van der Waals surface area contributed by atoms with Crippen LogP contribution in [0.25, 0.3) is 0 Å². The summed E-state index contributed by atoms with van der Waals surface area (Å²) in [7, 11) is 3.20. The first kappa shape index (κ1) is 23.4. The Bertz CT molecular complexity index is 942. The smallest absolute Gasteiger partial charge is 0.254 e. The first-order valence-electron chi connectivity index (χ1n) is 10.6. The first-order valence-corrected chi connectivity index (χ1v) is 10.6. The topological polar surface area (TPSA) is 68.3 Å². The summed E-state index contributed by atoms with van der Waals surface area (Å²) in [5.74, 6) is 1.63. The van der Waals surface area contributed by atoms with Gasteiger partial charge in [-0.3, -0.25) is 9.59 Å². The van der Waals surface area contributed by atoms with Gasteiger partial charge in [0.15, 0.2) is 0 Å². The monoisotopic (exact) mass is 444 g/mol. The van der Waals surface area contributed by atoms with E-state index in [1.165, 1.54) is 13.0 Å². The van der Waals surface area contributed by atoms with Crippen molar-refractivity contribution in [1.82, 2.24) is 9.80 Å². The number of carbonyl (C=O) groups excluding carboxylic acids is 2. The molecule has 1 fully saturated rings. The molecule has 1 unspecified atom stereocenters. The predicted molar refractivity (Wildman–Crippen MR) is 118 cm³/mol. The third-order valence-electron chi connectivity index (χ3n) is 5.39. The van der Waals surface area contributed by atoms with E-state index in [0.717, 1.165) is 17.1 Å². The second-order valence-electron chi connectivity index (χ2n) is 7.54. The Morgan fingerprint density at radius 3 is 2.34 bits per heavy atom. The molecule has 0 spiro atoms. The van der Waals surface area contributed by atoms with Gasteiger partial charge in [-0.05, 0) is 48.4 Å². The van der Waals surface area contributed by atoms with Crippen LogP contribution in [0.15, 0.2) is 42.5 Å². The van der Waals surface area contributed by atoms with Gasteiger partial charge in [-0.2, -0.15) is 0 Å². The van der Waals surface area contributed by atoms with Gasteiger partial charge in [-0.1, -0.05) is 6.07 Å². The van der Waals surface area contributed by atoms with Gasteiger partial charge >= 0.3 is 0 Å². The van der Waals surface area contributed by atoms with Crippen molar-refractivity contribution in [3.8, 4) is 17.2 Å². The standard InChI is InChI=1S/C24H29FN2O5/c1-17(25)32-21-6-4-5-19(16-21)24(29)27-13-11-26(12-14-27)23(28)10-7-18-15-20(30-2)8-9-22(18)31-3/h4-6,8-9,15-17H,7,10-14H2,1-3H3. The average Bonchev–Trinajstić information content (AvgIpc) is 2.81. The van der Waals surface area contributed by atoms with Crippen molar-refractivity contribution < 1.29 is 28.2 Å². The lowest BCUT2D eigenvalue weighted by molar-refractivity contribution is -0.132. The van der Waals surface area contributed by atoms with Gasteiger partial charge < -0.3 is 24.0 Å². The minimum absolute atomic E-state index is 0.0364. The molecule has 1 heterocycles. The normalized spacial score (nSPS) is 14.6. The number of benzene rings is 2. The Morgan fingerprint density at radius 2 is 1.69 bits per heavy atom. The number of alkyl halides is 1. The van der Waals surface area contributed by atoms with Crippen molar-refractivity contribution in [1.29, 1.82) is 0 Å². The third-order valence-corrected chi connectivity index (χ3v) is 5.39. The zero-order chi connectivity index (χ0) is 23.1. The number of halogens is 1. The third kappa shape index (κ3) is 5.90. The molecule has 2 amide bonds. The van der Waals surface area contributed by atoms with Crippen LogP contribution in [0.1, 0.15) is 29.3 Å². The van der Waals surface area contributed by atoms with Crippen molar-refractivity contribution in [2.75, 3.05) is 40.4 Å². The quantitative estimate of drug-likeness (QED) is 0.625. The van der Waals surface area contributed by atoms with E-state index in [0.29, 0.717) is 50.3 Å². The molecule has 3 rings (SSSR count). The first-order chi connectivity index (χ1) is 15.4. The van der Waals surface area contributed by atoms with Crippen LogP contribution >= 0.6 is 0 Å². The Hall–Kier alpha value is -3.29. The van der Waals surface area contributed by atoms with E-state index in [1.807, 2.05) is 18.2 Å². The van der Waals surface area contributed by atoms with Crippen LogP contribution in [-0.4, -0.2) is 68.4 Å². The van der Waals surface area contributed by atoms with Gasteiger partial charge in [-0.25, -0.2) is 4.39 Å². The number of hydrogen-bond acceptors (Lipinski definition) is 5. The maximum absolute atomic E-state index is 13.1. The Morgan fingerprint density at radius 1 is 0.969 bits per heavy atom. The van der Waals surface area contributed by atoms with Gasteiger partial charge in [-0.15, -0.1) is 0 Å². The highest BCUT2D eigenvalue weighted by atomic mass is 19.1. The van der Waals surface area contributed by atoms with E-state index in [9.17, 15) is 14.0 Å². The number of hydrogen-bond donors (Lipinski definition) is 0. The van der Waals surface area contributed by atoms with Gasteiger partial charge in [0.1, 0.15) is 17.2 Å². The summed E-state index contributed by atoms with van der Waals surface area (Å²) < 4.78 is 28.7. The van der Waals surface area contributed by atoms with E-state index in [2.05, 4.69) is 0 Å². The second kappa shape index (κ2) is 10.8. The fourth-order valence-electron chi connectivity index (χ4n) is 3.71. The van der Waals surface area contributed by atoms with Crippen molar-refractivity contribution in [2.45, 2.75) is 26.1 Å². The molecule has 1 saturated heterocycles. The molecular formula is C24H29FN2O5. The molecule has 1 aliphatic heterocycles. The average molecular weight is 445 g/mol. The zero-order valence-electron chi connectivity index (χ0n) is 18.7. The molecule has 32 heavy (non-hydrogen) atoms. The van der Waals surface area contributed by atoms with Gasteiger partial charge in [0.05, 0.1) is 14.2 Å². The molecule has 0 radical (unpaired) electrons. The van der Waals surface area contributed by atoms with Gasteiger partial charge in [0.2, 0.25) is 12.3 Å². The zero-order valence-corrected chi connectivity index (χ0v) is 18.7. The fourth-order valence-corrected chi connectivity index (χ4v) is 3.71. The molecule has 7 nitrogen and oxygen atoms in total. The number of carbonyl (C=O) groups is 2. The number of aryl methyl sites for hydroxylation is 1. The highest BCUT2D eigenvalue weighted by molar-refractivity contribution is 5.94. The number of amides is 2. The lowest BCUT2D eigenvalue weighted by Gasteiger charge is -2.35. The fraction of sp³-hybridized carbons (Fsp3) is 0.417. The molecule has 2 aromatic carbocycles. The van der Waals surface area contributed by atoms with E-state index in [4.69, 9.17) is 14.2 Å². The molecule has 0 saturated carbocycles. The number of ether oxygens (including phenoxy) is 3. The van der Waals surface area contributed by atoms with Crippen LogP contribution in [0.5, 0.6) is 17.2 Å². The summed E-state index contributed by atoms with van der Waals surface area (Å²) in [5, 5.41) is 0. The van der Waals surface area contributed by atoms with E-state index in [-0.39, 0.29) is 11.8 Å². The summed E-state index contributed by atoms with van der Waals surface area (Å²) in [6, 6.07) is 12.0. The molecule has 0 aliphatic carbocycles. The predicted octanol–water partition coefficient (Wildman–Crippen LogP) is 3.32. The Kier molecular flexibility index (Phi) is 7.92. The summed E-state index contributed by atoms with van der Waals surface area (Å²) in [6.07, 6.45) is -0.567. The largest absolute Gasteiger partial charge is 0.497 e. The van der Waals surface area contributed by atoms with Crippen LogP contribution < -0.4 is 14.2 Å². The lowest BCUT2D eigenvalue weighted by atomic mass is 10.1. The van der Waals surface area contributed by atoms with E-state index < -0.39 is 6.36 Å². The van der Waals surface area contributed by atoms with Crippen LogP contribution in [0.2, 0.25) is 0 Å². The maximum Gasteiger partial charge on any atom is 0.254 e. The van der Waals surface area contributed by atoms with Crippen LogP contribution in [0.3, 0.4) is 0 Å². The van der Waals surface area contributed by atoms with E-state index in [1.54, 1.807) is 42.2 Å². The number of nitrogens with zero attached hydrogens (tertiary/aromatic N) is 2. The molecule has 2 aromatic rings. The molecule has 172 valence electrons. The summed E-state index contributed by atoms with van der Waals surface area (Å²) in [6.45, 7) is 3.11. The highest BCUT2D eigenvalue weighted by Crippen LogP contribution is 2.25. The second-order valence-corrected chi connectivity index (χ2v) is 7.54. The van der Waals surface area contributed by atoms with Crippen LogP contribution in [0, 0.1) is 0 Å². The minimum Gasteiger partial charge on any atom is -0.497 e. The molecule has 1 aliphatic rings. The van der Waals surface area contributed by atoms with Crippen molar-refractivity contribution in [3.63, 3.8) is 0 Å². The number of rotatable bonds is 8. The molecule has 0 N–H and O–H groups in total. The van der Waals surface area contributed by atoms with Crippen LogP contribution in [0.4, 0.5) is 4.39 Å². The lowest BCUT2D eigenvalue weighted by Crippen LogP contribution is -2.50. The Balaban J connectivity index is 1.53. The minimum atomic E-state index is -1.45. The number of piperazine rings is 1. The van der Waals surface area contributed by atoms with Gasteiger partial charge in [0, 0.05) is 45.1 Å². The molecule has 8 heteroatoms. The maximum atomic E-state index is 13.1. The molecule has 0 aromatic heterocycles. The van der Waals surface area contributed by atoms with Crippen LogP contribution in [-0.2, 0) is 11.2 Å². The molecule has 0 bridgehead atoms. The van der Waals surface area contributed by atoms with Crippen molar-refractivity contribution >= 4 is 11.8 Å². The highest BCUT2D eigenvalue weighted by Gasteiger charge is 2.25. The van der Waals surface area contributed by atoms with Crippen molar-refractivity contribution in [2.24, 2.45) is 0 Å².